The van der Waals surface area contributed by atoms with Gasteiger partial charge in [-0.05, 0) is 13.0 Å². The van der Waals surface area contributed by atoms with Crippen LogP contribution >= 0.6 is 0 Å². The first-order chi connectivity index (χ1) is 9.27. The Morgan fingerprint density at radius 3 is 2.47 bits per heavy atom. The third-order valence-electron chi connectivity index (χ3n) is 4.16. The summed E-state index contributed by atoms with van der Waals surface area (Å²) >= 11 is 0. The van der Waals surface area contributed by atoms with Crippen molar-refractivity contribution in [2.75, 3.05) is 26.2 Å². The molecule has 1 saturated heterocycles. The molecule has 3 heteroatoms. The molecule has 0 spiro atoms. The van der Waals surface area contributed by atoms with Gasteiger partial charge in [0.05, 0.1) is 18.8 Å². The smallest absolute Gasteiger partial charge is 0.0960 e. The number of nitrogens with zero attached hydrogens (tertiary/aromatic N) is 1. The number of likely N-dealkylation sites (N-methyl/N-ethyl adjacent to an activating group) is 1. The van der Waals surface area contributed by atoms with Gasteiger partial charge in [0.1, 0.15) is 0 Å². The Morgan fingerprint density at radius 2 is 1.79 bits per heavy atom. The van der Waals surface area contributed by atoms with E-state index in [1.54, 1.807) is 0 Å². The Morgan fingerprint density at radius 1 is 1.11 bits per heavy atom. The van der Waals surface area contributed by atoms with Gasteiger partial charge in [-0.2, -0.15) is 0 Å². The summed E-state index contributed by atoms with van der Waals surface area (Å²) in [6.45, 7) is 8.16. The minimum absolute atomic E-state index is 0.0359. The zero-order valence-corrected chi connectivity index (χ0v) is 12.9. The van der Waals surface area contributed by atoms with Crippen LogP contribution in [0.15, 0.2) is 0 Å². The Balaban J connectivity index is 2.02. The van der Waals surface area contributed by atoms with Crippen molar-refractivity contribution in [2.24, 2.45) is 0 Å². The molecule has 0 aromatic rings. The van der Waals surface area contributed by atoms with E-state index in [0.29, 0.717) is 0 Å². The van der Waals surface area contributed by atoms with Gasteiger partial charge in [-0.25, -0.2) is 0 Å². The molecule has 0 aromatic carbocycles. The molecule has 2 atom stereocenters. The lowest BCUT2D eigenvalue weighted by molar-refractivity contribution is -0.0897. The summed E-state index contributed by atoms with van der Waals surface area (Å²) in [6.07, 6.45) is 9.78. The van der Waals surface area contributed by atoms with Crippen LogP contribution in [0.3, 0.4) is 0 Å². The van der Waals surface area contributed by atoms with Crippen LogP contribution in [0.25, 0.3) is 0 Å². The predicted molar refractivity (Wildman–Crippen MR) is 80.5 cm³/mol. The summed E-state index contributed by atoms with van der Waals surface area (Å²) in [5.74, 6) is 0. The molecule has 1 N–H and O–H groups in total. The van der Waals surface area contributed by atoms with Gasteiger partial charge in [-0.1, -0.05) is 58.8 Å². The van der Waals surface area contributed by atoms with Crippen LogP contribution in [0.4, 0.5) is 0 Å². The van der Waals surface area contributed by atoms with E-state index in [-0.39, 0.29) is 12.2 Å². The summed E-state index contributed by atoms with van der Waals surface area (Å²) in [5, 5.41) is 10.2. The topological polar surface area (TPSA) is 32.7 Å². The van der Waals surface area contributed by atoms with Crippen molar-refractivity contribution in [3.8, 4) is 0 Å². The fourth-order valence-electron chi connectivity index (χ4n) is 2.75. The van der Waals surface area contributed by atoms with Gasteiger partial charge in [0, 0.05) is 13.1 Å². The quantitative estimate of drug-likeness (QED) is 0.619. The second kappa shape index (κ2) is 10.6. The zero-order chi connectivity index (χ0) is 13.9. The number of ether oxygens (including phenoxy) is 1. The van der Waals surface area contributed by atoms with Gasteiger partial charge in [0.15, 0.2) is 0 Å². The zero-order valence-electron chi connectivity index (χ0n) is 12.9. The van der Waals surface area contributed by atoms with Gasteiger partial charge < -0.3 is 9.84 Å². The number of aliphatic hydroxyl groups excluding tert-OH is 1. The van der Waals surface area contributed by atoms with Crippen molar-refractivity contribution < 1.29 is 9.84 Å². The third kappa shape index (κ3) is 7.28. The fourth-order valence-corrected chi connectivity index (χ4v) is 2.75. The van der Waals surface area contributed by atoms with Gasteiger partial charge >= 0.3 is 0 Å². The summed E-state index contributed by atoms with van der Waals surface area (Å²) in [7, 11) is 0. The number of rotatable bonds is 10. The molecule has 0 aromatic heterocycles. The van der Waals surface area contributed by atoms with E-state index in [9.17, 15) is 5.11 Å². The van der Waals surface area contributed by atoms with Crippen molar-refractivity contribution in [1.29, 1.82) is 0 Å². The molecule has 1 fully saturated rings. The van der Waals surface area contributed by atoms with Gasteiger partial charge in [-0.15, -0.1) is 0 Å². The summed E-state index contributed by atoms with van der Waals surface area (Å²) in [5.41, 5.74) is 0. The molecule has 1 rings (SSSR count). The van der Waals surface area contributed by atoms with Crippen molar-refractivity contribution in [3.05, 3.63) is 0 Å². The largest absolute Gasteiger partial charge is 0.390 e. The summed E-state index contributed by atoms with van der Waals surface area (Å²) in [6, 6.07) is 0. The van der Waals surface area contributed by atoms with Crippen LogP contribution in [0.5, 0.6) is 0 Å². The number of hydrogen-bond donors (Lipinski definition) is 1. The van der Waals surface area contributed by atoms with Crippen LogP contribution in [0, 0.1) is 0 Å². The van der Waals surface area contributed by atoms with E-state index in [1.807, 2.05) is 0 Å². The number of aliphatic hydroxyl groups is 1. The maximum Gasteiger partial charge on any atom is 0.0960 e. The number of unbranched alkanes of at least 4 members (excludes halogenated alkanes) is 6. The molecule has 1 aliphatic rings. The van der Waals surface area contributed by atoms with E-state index < -0.39 is 0 Å². The lowest BCUT2D eigenvalue weighted by Crippen LogP contribution is -2.47. The number of hydrogen-bond acceptors (Lipinski definition) is 3. The van der Waals surface area contributed by atoms with Crippen LogP contribution in [0.1, 0.15) is 65.2 Å². The van der Waals surface area contributed by atoms with Crippen molar-refractivity contribution in [2.45, 2.75) is 77.4 Å². The normalized spacial score (nSPS) is 22.6. The highest BCUT2D eigenvalue weighted by molar-refractivity contribution is 4.77. The molecule has 0 amide bonds. The Bertz CT molecular complexity index is 211. The van der Waals surface area contributed by atoms with E-state index in [2.05, 4.69) is 18.7 Å². The highest BCUT2D eigenvalue weighted by atomic mass is 16.5. The summed E-state index contributed by atoms with van der Waals surface area (Å²) in [4.78, 5) is 2.36. The first-order valence-electron chi connectivity index (χ1n) is 8.30. The van der Waals surface area contributed by atoms with E-state index in [4.69, 9.17) is 4.74 Å². The number of morpholine rings is 1. The van der Waals surface area contributed by atoms with Gasteiger partial charge in [0.2, 0.25) is 0 Å². The highest BCUT2D eigenvalue weighted by Crippen LogP contribution is 2.15. The molecular weight excluding hydrogens is 238 g/mol. The standard InChI is InChI=1S/C16H33NO2/c1-3-5-6-7-8-9-10-11-15(18)16-14-17(4-2)12-13-19-16/h15-16,18H,3-14H2,1-2H3. The first-order valence-corrected chi connectivity index (χ1v) is 8.30. The van der Waals surface area contributed by atoms with Crippen LogP contribution < -0.4 is 0 Å². The maximum atomic E-state index is 10.2. The minimum atomic E-state index is -0.273. The first kappa shape index (κ1) is 16.9. The van der Waals surface area contributed by atoms with Gasteiger partial charge in [-0.3, -0.25) is 4.90 Å². The third-order valence-corrected chi connectivity index (χ3v) is 4.16. The van der Waals surface area contributed by atoms with Crippen LogP contribution in [-0.4, -0.2) is 48.5 Å². The molecule has 0 radical (unpaired) electrons. The van der Waals surface area contributed by atoms with Crippen LogP contribution in [0.2, 0.25) is 0 Å². The average molecular weight is 271 g/mol. The molecular formula is C16H33NO2. The maximum absolute atomic E-state index is 10.2. The SMILES string of the molecule is CCCCCCCCCC(O)C1CN(CC)CCO1. The molecule has 2 unspecified atom stereocenters. The predicted octanol–water partition coefficient (Wildman–Crippen LogP) is 3.21. The molecule has 114 valence electrons. The highest BCUT2D eigenvalue weighted by Gasteiger charge is 2.25. The second-order valence-corrected chi connectivity index (χ2v) is 5.78. The monoisotopic (exact) mass is 271 g/mol. The average Bonchev–Trinajstić information content (AvgIpc) is 2.46. The molecule has 19 heavy (non-hydrogen) atoms. The van der Waals surface area contributed by atoms with Crippen molar-refractivity contribution in [1.82, 2.24) is 4.90 Å². The van der Waals surface area contributed by atoms with Crippen molar-refractivity contribution >= 4 is 0 Å². The van der Waals surface area contributed by atoms with E-state index in [1.165, 1.54) is 38.5 Å². The Kier molecular flexibility index (Phi) is 9.48. The molecule has 0 saturated carbocycles. The lowest BCUT2D eigenvalue weighted by Gasteiger charge is -2.34. The molecule has 1 aliphatic heterocycles. The minimum Gasteiger partial charge on any atom is -0.390 e. The van der Waals surface area contributed by atoms with E-state index in [0.717, 1.165) is 39.1 Å². The fraction of sp³-hybridized carbons (Fsp3) is 1.00. The molecule has 0 aliphatic carbocycles. The van der Waals surface area contributed by atoms with E-state index >= 15 is 0 Å². The second-order valence-electron chi connectivity index (χ2n) is 5.78. The molecule has 0 bridgehead atoms. The molecule has 3 nitrogen and oxygen atoms in total. The summed E-state index contributed by atoms with van der Waals surface area (Å²) < 4.78 is 5.69. The van der Waals surface area contributed by atoms with Crippen molar-refractivity contribution in [3.63, 3.8) is 0 Å². The van der Waals surface area contributed by atoms with Crippen LogP contribution in [-0.2, 0) is 4.74 Å². The Hall–Kier alpha value is -0.120. The lowest BCUT2D eigenvalue weighted by atomic mass is 10.0. The Labute approximate surface area is 119 Å². The van der Waals surface area contributed by atoms with Gasteiger partial charge in [0.25, 0.3) is 0 Å². The molecule has 1 heterocycles.